The minimum absolute atomic E-state index is 0.0525. The van der Waals surface area contributed by atoms with Gasteiger partial charge in [-0.15, -0.1) is 0 Å². The third kappa shape index (κ3) is 5.16. The van der Waals surface area contributed by atoms with Gasteiger partial charge < -0.3 is 10.5 Å². The number of halogens is 1. The zero-order valence-corrected chi connectivity index (χ0v) is 12.0. The van der Waals surface area contributed by atoms with Crippen molar-refractivity contribution in [2.24, 2.45) is 5.73 Å². The maximum Gasteiger partial charge on any atom is 0.165 e. The minimum Gasteiger partial charge on any atom is -0.489 e. The van der Waals surface area contributed by atoms with E-state index in [0.717, 1.165) is 0 Å². The summed E-state index contributed by atoms with van der Waals surface area (Å²) in [5.74, 6) is -0.450. The molecule has 1 rings (SSSR count). The Labute approximate surface area is 113 Å². The fourth-order valence-electron chi connectivity index (χ4n) is 1.64. The summed E-state index contributed by atoms with van der Waals surface area (Å²) in [5, 5.41) is 0. The van der Waals surface area contributed by atoms with Crippen molar-refractivity contribution in [2.75, 3.05) is 18.1 Å². The molecule has 0 fully saturated rings. The van der Waals surface area contributed by atoms with Crippen LogP contribution in [-0.4, -0.2) is 32.6 Å². The maximum absolute atomic E-state index is 13.7. The van der Waals surface area contributed by atoms with Crippen LogP contribution in [0.25, 0.3) is 0 Å². The molecule has 0 heterocycles. The second-order valence-corrected chi connectivity index (χ2v) is 6.97. The summed E-state index contributed by atoms with van der Waals surface area (Å²) in [6.07, 6.45) is 0.480. The van der Waals surface area contributed by atoms with Crippen molar-refractivity contribution in [3.05, 3.63) is 29.6 Å². The van der Waals surface area contributed by atoms with Crippen LogP contribution in [0.1, 0.15) is 19.4 Å². The zero-order valence-electron chi connectivity index (χ0n) is 11.2. The zero-order chi connectivity index (χ0) is 14.5. The van der Waals surface area contributed by atoms with Gasteiger partial charge in [-0.2, -0.15) is 0 Å². The summed E-state index contributed by atoms with van der Waals surface area (Å²) in [4.78, 5) is 0. The summed E-state index contributed by atoms with van der Waals surface area (Å²) in [7, 11) is -3.11. The molecule has 19 heavy (non-hydrogen) atoms. The Morgan fingerprint density at radius 1 is 1.42 bits per heavy atom. The van der Waals surface area contributed by atoms with Crippen molar-refractivity contribution in [2.45, 2.75) is 26.3 Å². The summed E-state index contributed by atoms with van der Waals surface area (Å²) < 4.78 is 41.7. The second kappa shape index (κ2) is 6.86. The molecule has 0 saturated heterocycles. The first kappa shape index (κ1) is 15.9. The monoisotopic (exact) mass is 289 g/mol. The molecule has 6 heteroatoms. The highest BCUT2D eigenvalue weighted by Crippen LogP contribution is 2.23. The van der Waals surface area contributed by atoms with Gasteiger partial charge >= 0.3 is 0 Å². The number of sulfone groups is 1. The lowest BCUT2D eigenvalue weighted by Crippen LogP contribution is -2.20. The molecule has 4 nitrogen and oxygen atoms in total. The predicted octanol–water partition coefficient (Wildman–Crippen LogP) is 1.53. The molecule has 0 spiro atoms. The molecule has 0 aliphatic carbocycles. The number of para-hydroxylation sites is 1. The third-order valence-electron chi connectivity index (χ3n) is 2.67. The molecule has 108 valence electrons. The Kier molecular flexibility index (Phi) is 5.75. The van der Waals surface area contributed by atoms with Gasteiger partial charge in [0.05, 0.1) is 5.75 Å². The largest absolute Gasteiger partial charge is 0.489 e. The number of ether oxygens (including phenoxy) is 1. The Hall–Kier alpha value is -1.14. The lowest BCUT2D eigenvalue weighted by Gasteiger charge is -2.13. The minimum atomic E-state index is -3.11. The van der Waals surface area contributed by atoms with Crippen LogP contribution in [0.4, 0.5) is 4.39 Å². The summed E-state index contributed by atoms with van der Waals surface area (Å²) in [6.45, 7) is 3.33. The normalized spacial score (nSPS) is 13.3. The molecule has 1 atom stereocenters. The van der Waals surface area contributed by atoms with E-state index in [1.54, 1.807) is 19.1 Å². The van der Waals surface area contributed by atoms with Crippen LogP contribution in [-0.2, 0) is 16.3 Å². The van der Waals surface area contributed by atoms with Crippen molar-refractivity contribution in [1.29, 1.82) is 0 Å². The van der Waals surface area contributed by atoms with E-state index in [1.165, 1.54) is 6.07 Å². The third-order valence-corrected chi connectivity index (χ3v) is 4.34. The lowest BCUT2D eigenvalue weighted by atomic mass is 10.1. The van der Waals surface area contributed by atoms with E-state index < -0.39 is 15.7 Å². The Balaban J connectivity index is 2.77. The highest BCUT2D eigenvalue weighted by Gasteiger charge is 2.13. The van der Waals surface area contributed by atoms with E-state index in [-0.39, 0.29) is 29.9 Å². The highest BCUT2D eigenvalue weighted by atomic mass is 32.2. The summed E-state index contributed by atoms with van der Waals surface area (Å²) >= 11 is 0. The van der Waals surface area contributed by atoms with Gasteiger partial charge in [-0.1, -0.05) is 19.1 Å². The molecule has 1 unspecified atom stereocenters. The molecule has 0 amide bonds. The first-order valence-electron chi connectivity index (χ1n) is 6.22. The van der Waals surface area contributed by atoms with E-state index >= 15 is 0 Å². The van der Waals surface area contributed by atoms with E-state index in [1.807, 2.05) is 6.92 Å². The van der Waals surface area contributed by atoms with Gasteiger partial charge in [0.1, 0.15) is 6.61 Å². The van der Waals surface area contributed by atoms with Gasteiger partial charge in [0, 0.05) is 11.8 Å². The van der Waals surface area contributed by atoms with Gasteiger partial charge in [0.25, 0.3) is 0 Å². The van der Waals surface area contributed by atoms with Crippen LogP contribution in [0.15, 0.2) is 18.2 Å². The fourth-order valence-corrected chi connectivity index (χ4v) is 2.26. The number of hydrogen-bond donors (Lipinski definition) is 1. The Morgan fingerprint density at radius 3 is 2.68 bits per heavy atom. The maximum atomic E-state index is 13.7. The quantitative estimate of drug-likeness (QED) is 0.826. The van der Waals surface area contributed by atoms with E-state index in [2.05, 4.69) is 0 Å². The summed E-state index contributed by atoms with van der Waals surface area (Å²) in [5.41, 5.74) is 6.35. The Morgan fingerprint density at radius 2 is 2.11 bits per heavy atom. The molecule has 0 bridgehead atoms. The van der Waals surface area contributed by atoms with Crippen molar-refractivity contribution >= 4 is 9.84 Å². The molecule has 0 aliphatic heterocycles. The van der Waals surface area contributed by atoms with Crippen LogP contribution in [0, 0.1) is 5.82 Å². The first-order chi connectivity index (χ1) is 8.85. The molecule has 2 N–H and O–H groups in total. The van der Waals surface area contributed by atoms with Crippen LogP contribution < -0.4 is 10.5 Å². The van der Waals surface area contributed by atoms with E-state index in [9.17, 15) is 12.8 Å². The average Bonchev–Trinajstić information content (AvgIpc) is 2.32. The van der Waals surface area contributed by atoms with Gasteiger partial charge in [-0.25, -0.2) is 12.8 Å². The molecule has 1 aromatic carbocycles. The first-order valence-corrected chi connectivity index (χ1v) is 8.04. The van der Waals surface area contributed by atoms with E-state index in [4.69, 9.17) is 10.5 Å². The van der Waals surface area contributed by atoms with Gasteiger partial charge in [-0.05, 0) is 25.0 Å². The van der Waals surface area contributed by atoms with Crippen LogP contribution in [0.5, 0.6) is 5.75 Å². The van der Waals surface area contributed by atoms with Crippen molar-refractivity contribution in [3.63, 3.8) is 0 Å². The van der Waals surface area contributed by atoms with Gasteiger partial charge in [0.2, 0.25) is 0 Å². The molecule has 0 radical (unpaired) electrons. The van der Waals surface area contributed by atoms with Gasteiger partial charge in [0.15, 0.2) is 21.4 Å². The van der Waals surface area contributed by atoms with Crippen molar-refractivity contribution in [1.82, 2.24) is 0 Å². The molecular formula is C13H20FNO3S. The fraction of sp³-hybridized carbons (Fsp3) is 0.538. The topological polar surface area (TPSA) is 69.4 Å². The molecule has 0 saturated carbocycles. The molecular weight excluding hydrogens is 269 g/mol. The van der Waals surface area contributed by atoms with Crippen LogP contribution >= 0.6 is 0 Å². The highest BCUT2D eigenvalue weighted by molar-refractivity contribution is 7.91. The average molecular weight is 289 g/mol. The second-order valence-electron chi connectivity index (χ2n) is 4.49. The van der Waals surface area contributed by atoms with E-state index in [0.29, 0.717) is 12.0 Å². The lowest BCUT2D eigenvalue weighted by molar-refractivity contribution is 0.318. The predicted molar refractivity (Wildman–Crippen MR) is 73.6 cm³/mol. The van der Waals surface area contributed by atoms with Crippen LogP contribution in [0.3, 0.4) is 0 Å². The summed E-state index contributed by atoms with van der Waals surface area (Å²) in [6, 6.07) is 4.48. The molecule has 0 aliphatic rings. The van der Waals surface area contributed by atoms with Crippen molar-refractivity contribution in [3.8, 4) is 5.75 Å². The van der Waals surface area contributed by atoms with Crippen LogP contribution in [0.2, 0.25) is 0 Å². The Bertz CT molecular complexity index is 515. The number of nitrogens with two attached hydrogens (primary N) is 1. The smallest absolute Gasteiger partial charge is 0.165 e. The number of benzene rings is 1. The molecule has 0 aromatic heterocycles. The van der Waals surface area contributed by atoms with Gasteiger partial charge in [-0.3, -0.25) is 0 Å². The standard InChI is InChI=1S/C13H20FNO3S/c1-3-19(16,17)8-7-18-13-11(9-10(2)15)5-4-6-12(13)14/h4-6,10H,3,7-9,15H2,1-2H3. The molecule has 1 aromatic rings. The SMILES string of the molecule is CCS(=O)(=O)CCOc1c(F)cccc1CC(C)N. The number of hydrogen-bond acceptors (Lipinski definition) is 4. The van der Waals surface area contributed by atoms with Crippen molar-refractivity contribution < 1.29 is 17.5 Å². The number of rotatable bonds is 7.